The van der Waals surface area contributed by atoms with E-state index < -0.39 is 17.9 Å². The molecule has 142 valence electrons. The maximum absolute atomic E-state index is 12.8. The summed E-state index contributed by atoms with van der Waals surface area (Å²) in [7, 11) is 0. The van der Waals surface area contributed by atoms with Crippen LogP contribution in [0.5, 0.6) is 0 Å². The van der Waals surface area contributed by atoms with Gasteiger partial charge in [0.15, 0.2) is 10.9 Å². The van der Waals surface area contributed by atoms with Crippen molar-refractivity contribution in [2.24, 2.45) is 0 Å². The number of aliphatic carboxylic acids is 1. The summed E-state index contributed by atoms with van der Waals surface area (Å²) in [4.78, 5) is 37.9. The van der Waals surface area contributed by atoms with Crippen LogP contribution in [-0.2, 0) is 4.79 Å². The molecule has 3 rings (SSSR count). The zero-order chi connectivity index (χ0) is 19.4. The van der Waals surface area contributed by atoms with Crippen LogP contribution in [0.25, 0.3) is 0 Å². The van der Waals surface area contributed by atoms with Gasteiger partial charge in [0.2, 0.25) is 0 Å². The van der Waals surface area contributed by atoms with Gasteiger partial charge in [0.25, 0.3) is 11.8 Å². The lowest BCUT2D eigenvalue weighted by molar-refractivity contribution is -0.143. The van der Waals surface area contributed by atoms with Gasteiger partial charge in [0, 0.05) is 17.8 Å². The van der Waals surface area contributed by atoms with Crippen molar-refractivity contribution in [2.45, 2.75) is 30.4 Å². The number of hydrogen-bond acceptors (Lipinski definition) is 5. The Morgan fingerprint density at radius 3 is 2.74 bits per heavy atom. The molecule has 0 spiro atoms. The van der Waals surface area contributed by atoms with Crippen molar-refractivity contribution in [1.29, 1.82) is 0 Å². The van der Waals surface area contributed by atoms with Gasteiger partial charge >= 0.3 is 5.97 Å². The quantitative estimate of drug-likeness (QED) is 0.762. The van der Waals surface area contributed by atoms with Crippen molar-refractivity contribution in [3.63, 3.8) is 0 Å². The third-order valence-corrected chi connectivity index (χ3v) is 5.04. The first-order chi connectivity index (χ1) is 13.0. The monoisotopic (exact) mass is 388 g/mol. The maximum Gasteiger partial charge on any atom is 0.326 e. The van der Waals surface area contributed by atoms with Gasteiger partial charge in [-0.1, -0.05) is 17.8 Å². The number of amides is 2. The second-order valence-corrected chi connectivity index (χ2v) is 7.02. The Labute approximate surface area is 160 Å². The van der Waals surface area contributed by atoms with Crippen molar-refractivity contribution in [3.8, 4) is 0 Å². The van der Waals surface area contributed by atoms with E-state index in [0.717, 1.165) is 12.8 Å². The van der Waals surface area contributed by atoms with Crippen LogP contribution < -0.4 is 5.32 Å². The molecule has 0 aliphatic carbocycles. The van der Waals surface area contributed by atoms with E-state index in [2.05, 4.69) is 5.32 Å². The van der Waals surface area contributed by atoms with Crippen LogP contribution in [0.3, 0.4) is 0 Å². The number of nitrogens with zero attached hydrogens (tertiary/aromatic N) is 1. The van der Waals surface area contributed by atoms with Gasteiger partial charge < -0.3 is 19.7 Å². The smallest absolute Gasteiger partial charge is 0.326 e. The number of thioether (sulfide) groups is 1. The zero-order valence-corrected chi connectivity index (χ0v) is 15.6. The molecule has 1 atom stereocenters. The number of likely N-dealkylation sites (tertiary alicyclic amines) is 1. The summed E-state index contributed by atoms with van der Waals surface area (Å²) in [5, 5.41) is 12.7. The Morgan fingerprint density at radius 1 is 1.22 bits per heavy atom. The molecular weight excluding hydrogens is 368 g/mol. The molecule has 1 aliphatic heterocycles. The first-order valence-corrected chi connectivity index (χ1v) is 9.81. The molecule has 2 amide bonds. The number of hydrogen-bond donors (Lipinski definition) is 2. The minimum atomic E-state index is -0.991. The molecule has 1 unspecified atom stereocenters. The molecule has 1 aromatic carbocycles. The molecule has 1 aliphatic rings. The summed E-state index contributed by atoms with van der Waals surface area (Å²) < 4.78 is 5.39. The van der Waals surface area contributed by atoms with Crippen LogP contribution >= 0.6 is 11.8 Å². The van der Waals surface area contributed by atoms with Crippen molar-refractivity contribution >= 4 is 35.2 Å². The van der Waals surface area contributed by atoms with Gasteiger partial charge in [-0.3, -0.25) is 9.59 Å². The summed E-state index contributed by atoms with van der Waals surface area (Å²) in [6, 6.07) is 8.97. The predicted octanol–water partition coefficient (Wildman–Crippen LogP) is 3.33. The maximum atomic E-state index is 12.8. The minimum Gasteiger partial charge on any atom is -0.480 e. The second-order valence-electron chi connectivity index (χ2n) is 6.21. The molecule has 27 heavy (non-hydrogen) atoms. The summed E-state index contributed by atoms with van der Waals surface area (Å²) in [5.74, 6) is -1.57. The fraction of sp³-hybridized carbons (Fsp3) is 0.316. The highest BCUT2D eigenvalue weighted by Gasteiger charge is 2.32. The molecule has 7 nitrogen and oxygen atoms in total. The van der Waals surface area contributed by atoms with E-state index in [0.29, 0.717) is 29.3 Å². The van der Waals surface area contributed by atoms with E-state index in [4.69, 9.17) is 4.42 Å². The van der Waals surface area contributed by atoms with Crippen molar-refractivity contribution in [3.05, 3.63) is 47.7 Å². The van der Waals surface area contributed by atoms with E-state index in [-0.39, 0.29) is 11.7 Å². The van der Waals surface area contributed by atoms with Gasteiger partial charge in [-0.25, -0.2) is 4.79 Å². The average Bonchev–Trinajstić information content (AvgIpc) is 3.17. The topological polar surface area (TPSA) is 99.9 Å². The number of anilines is 1. The molecular formula is C19H20N2O5S. The number of carbonyl (C=O) groups excluding carboxylic acids is 2. The molecule has 2 aromatic rings. The molecule has 1 fully saturated rings. The Morgan fingerprint density at radius 2 is 2.04 bits per heavy atom. The average molecular weight is 388 g/mol. The van der Waals surface area contributed by atoms with Crippen LogP contribution in [0.4, 0.5) is 5.69 Å². The van der Waals surface area contributed by atoms with Gasteiger partial charge in [-0.15, -0.1) is 0 Å². The Kier molecular flexibility index (Phi) is 5.85. The van der Waals surface area contributed by atoms with Gasteiger partial charge in [-0.2, -0.15) is 0 Å². The van der Waals surface area contributed by atoms with Crippen molar-refractivity contribution in [1.82, 2.24) is 4.90 Å². The third-order valence-electron chi connectivity index (χ3n) is 4.42. The van der Waals surface area contributed by atoms with E-state index in [1.165, 1.54) is 16.7 Å². The lowest BCUT2D eigenvalue weighted by Gasteiger charge is -2.33. The fourth-order valence-electron chi connectivity index (χ4n) is 3.07. The third kappa shape index (κ3) is 4.33. The first-order valence-electron chi connectivity index (χ1n) is 8.58. The highest BCUT2D eigenvalue weighted by Crippen LogP contribution is 2.22. The Hall–Kier alpha value is -2.74. The molecule has 1 saturated heterocycles. The number of furan rings is 1. The second kappa shape index (κ2) is 8.30. The standard InChI is InChI=1S/C19H20N2O5S/c1-27-16-9-8-15(26-16)17(22)20-13-6-4-5-12(11-13)18(23)21-10-3-2-7-14(21)19(24)25/h4-6,8-9,11,14H,2-3,7,10H2,1H3,(H,20,22)(H,24,25). The lowest BCUT2D eigenvalue weighted by atomic mass is 10.0. The minimum absolute atomic E-state index is 0.179. The van der Waals surface area contributed by atoms with E-state index in [1.54, 1.807) is 36.4 Å². The zero-order valence-electron chi connectivity index (χ0n) is 14.8. The number of carbonyl (C=O) groups is 3. The van der Waals surface area contributed by atoms with Crippen LogP contribution in [0.1, 0.15) is 40.2 Å². The SMILES string of the molecule is CSc1ccc(C(=O)Nc2cccc(C(=O)N3CCCCC3C(=O)O)c2)o1. The largest absolute Gasteiger partial charge is 0.480 e. The molecule has 2 N–H and O–H groups in total. The summed E-state index contributed by atoms with van der Waals surface area (Å²) >= 11 is 1.39. The number of benzene rings is 1. The van der Waals surface area contributed by atoms with E-state index in [9.17, 15) is 19.5 Å². The predicted molar refractivity (Wildman–Crippen MR) is 101 cm³/mol. The van der Waals surface area contributed by atoms with Crippen LogP contribution in [0.2, 0.25) is 0 Å². The van der Waals surface area contributed by atoms with Gasteiger partial charge in [0.1, 0.15) is 6.04 Å². The number of carboxylic acid groups (broad SMARTS) is 1. The van der Waals surface area contributed by atoms with Crippen molar-refractivity contribution in [2.75, 3.05) is 18.1 Å². The van der Waals surface area contributed by atoms with Crippen LogP contribution in [0, 0.1) is 0 Å². The summed E-state index contributed by atoms with van der Waals surface area (Å²) in [6.45, 7) is 0.413. The number of piperidine rings is 1. The normalized spacial score (nSPS) is 16.8. The van der Waals surface area contributed by atoms with E-state index >= 15 is 0 Å². The highest BCUT2D eigenvalue weighted by atomic mass is 32.2. The lowest BCUT2D eigenvalue weighted by Crippen LogP contribution is -2.48. The fourth-order valence-corrected chi connectivity index (χ4v) is 3.45. The molecule has 1 aromatic heterocycles. The number of nitrogens with one attached hydrogen (secondary N) is 1. The molecule has 2 heterocycles. The Bertz CT molecular complexity index is 863. The molecule has 8 heteroatoms. The van der Waals surface area contributed by atoms with Gasteiger partial charge in [-0.05, 0) is 55.9 Å². The summed E-state index contributed by atoms with van der Waals surface area (Å²) in [5.41, 5.74) is 0.780. The van der Waals surface area contributed by atoms with Crippen LogP contribution in [0.15, 0.2) is 45.9 Å². The molecule has 0 radical (unpaired) electrons. The molecule has 0 bridgehead atoms. The first kappa shape index (κ1) is 19.0. The molecule has 0 saturated carbocycles. The van der Waals surface area contributed by atoms with Gasteiger partial charge in [0.05, 0.1) is 0 Å². The van der Waals surface area contributed by atoms with Crippen molar-refractivity contribution < 1.29 is 23.9 Å². The highest BCUT2D eigenvalue weighted by molar-refractivity contribution is 7.98. The van der Waals surface area contributed by atoms with E-state index in [1.807, 2.05) is 6.26 Å². The summed E-state index contributed by atoms with van der Waals surface area (Å²) in [6.07, 6.45) is 3.87. The number of carboxylic acids is 1. The Balaban J connectivity index is 1.75. The van der Waals surface area contributed by atoms with Crippen LogP contribution in [-0.4, -0.2) is 46.6 Å². The number of rotatable bonds is 5.